The van der Waals surface area contributed by atoms with E-state index in [2.05, 4.69) is 4.72 Å². The van der Waals surface area contributed by atoms with E-state index in [1.54, 1.807) is 0 Å². The molecular formula is C9H11ClN2O7S2. The first kappa shape index (κ1) is 17.8. The highest BCUT2D eigenvalue weighted by Crippen LogP contribution is 2.36. The molecule has 0 spiro atoms. The molecule has 1 atom stereocenters. The minimum absolute atomic E-state index is 0.255. The maximum atomic E-state index is 11.9. The van der Waals surface area contributed by atoms with Crippen LogP contribution in [0.25, 0.3) is 0 Å². The zero-order chi connectivity index (χ0) is 16.2. The SMILES string of the molecule is COC(CNS(=O)(=O)c1cc([N+](=O)[O-])c(Cl)s1)CC(=O)O. The number of halogens is 1. The van der Waals surface area contributed by atoms with Gasteiger partial charge in [-0.2, -0.15) is 0 Å². The highest BCUT2D eigenvalue weighted by atomic mass is 35.5. The molecule has 0 aliphatic carbocycles. The first-order chi connectivity index (χ1) is 9.67. The highest BCUT2D eigenvalue weighted by molar-refractivity contribution is 7.91. The predicted octanol–water partition coefficient (Wildman–Crippen LogP) is 1.08. The van der Waals surface area contributed by atoms with E-state index in [-0.39, 0.29) is 21.5 Å². The van der Waals surface area contributed by atoms with E-state index in [1.807, 2.05) is 0 Å². The number of nitrogens with zero attached hydrogens (tertiary/aromatic N) is 1. The quantitative estimate of drug-likeness (QED) is 0.524. The summed E-state index contributed by atoms with van der Waals surface area (Å²) >= 11 is 6.13. The molecule has 1 unspecified atom stereocenters. The van der Waals surface area contributed by atoms with Gasteiger partial charge in [0.05, 0.1) is 17.4 Å². The Morgan fingerprint density at radius 3 is 2.71 bits per heavy atom. The molecule has 0 saturated heterocycles. The zero-order valence-electron chi connectivity index (χ0n) is 10.6. The van der Waals surface area contributed by atoms with E-state index in [0.29, 0.717) is 11.3 Å². The number of carboxylic acids is 1. The molecule has 1 rings (SSSR count). The first-order valence-corrected chi connectivity index (χ1v) is 8.03. The van der Waals surface area contributed by atoms with Crippen molar-refractivity contribution in [3.8, 4) is 0 Å². The fourth-order valence-electron chi connectivity index (χ4n) is 1.30. The fraction of sp³-hybridized carbons (Fsp3) is 0.444. The molecular weight excluding hydrogens is 348 g/mol. The van der Waals surface area contributed by atoms with Crippen molar-refractivity contribution in [3.63, 3.8) is 0 Å². The van der Waals surface area contributed by atoms with Crippen LogP contribution in [-0.4, -0.2) is 44.2 Å². The third kappa shape index (κ3) is 4.89. The number of sulfonamides is 1. The molecule has 1 aromatic heterocycles. The molecule has 0 aliphatic heterocycles. The highest BCUT2D eigenvalue weighted by Gasteiger charge is 2.26. The summed E-state index contributed by atoms with van der Waals surface area (Å²) in [6, 6.07) is 0.842. The summed E-state index contributed by atoms with van der Waals surface area (Å²) in [7, 11) is -2.78. The third-order valence-corrected chi connectivity index (χ3v) is 5.58. The number of carboxylic acid groups (broad SMARTS) is 1. The minimum Gasteiger partial charge on any atom is -0.481 e. The molecule has 0 fully saturated rings. The summed E-state index contributed by atoms with van der Waals surface area (Å²) in [5.74, 6) is -1.14. The molecule has 0 amide bonds. The Labute approximate surface area is 128 Å². The molecule has 0 aliphatic rings. The van der Waals surface area contributed by atoms with E-state index < -0.39 is 32.7 Å². The van der Waals surface area contributed by atoms with Crippen LogP contribution < -0.4 is 4.72 Å². The Hall–Kier alpha value is -1.27. The molecule has 9 nitrogen and oxygen atoms in total. The Kier molecular flexibility index (Phi) is 6.04. The third-order valence-electron chi connectivity index (χ3n) is 2.34. The molecule has 0 bridgehead atoms. The van der Waals surface area contributed by atoms with Crippen LogP contribution >= 0.6 is 22.9 Å². The van der Waals surface area contributed by atoms with Crippen LogP contribution in [0.1, 0.15) is 6.42 Å². The van der Waals surface area contributed by atoms with Crippen LogP contribution in [0.5, 0.6) is 0 Å². The molecule has 21 heavy (non-hydrogen) atoms. The van der Waals surface area contributed by atoms with Crippen LogP contribution in [0, 0.1) is 10.1 Å². The van der Waals surface area contributed by atoms with Crippen molar-refractivity contribution in [3.05, 3.63) is 20.5 Å². The van der Waals surface area contributed by atoms with Gasteiger partial charge in [0.1, 0.15) is 4.21 Å². The number of nitro groups is 1. The number of hydrogen-bond acceptors (Lipinski definition) is 7. The monoisotopic (exact) mass is 358 g/mol. The Morgan fingerprint density at radius 1 is 1.67 bits per heavy atom. The normalized spacial score (nSPS) is 13.0. The van der Waals surface area contributed by atoms with Crippen LogP contribution in [0.3, 0.4) is 0 Å². The minimum atomic E-state index is -4.03. The van der Waals surface area contributed by atoms with E-state index >= 15 is 0 Å². The summed E-state index contributed by atoms with van der Waals surface area (Å²) in [5, 5.41) is 19.2. The van der Waals surface area contributed by atoms with Gasteiger partial charge in [-0.25, -0.2) is 13.1 Å². The van der Waals surface area contributed by atoms with E-state index in [0.717, 1.165) is 6.07 Å². The Bertz CT molecular complexity index is 643. The van der Waals surface area contributed by atoms with Crippen LogP contribution in [-0.2, 0) is 19.6 Å². The van der Waals surface area contributed by atoms with Crippen molar-refractivity contribution < 1.29 is 28.0 Å². The van der Waals surface area contributed by atoms with Crippen molar-refractivity contribution in [2.75, 3.05) is 13.7 Å². The average molecular weight is 359 g/mol. The van der Waals surface area contributed by atoms with Crippen molar-refractivity contribution in [1.29, 1.82) is 0 Å². The number of rotatable bonds is 8. The van der Waals surface area contributed by atoms with E-state index in [9.17, 15) is 23.3 Å². The van der Waals surface area contributed by atoms with E-state index in [1.165, 1.54) is 7.11 Å². The van der Waals surface area contributed by atoms with Crippen molar-refractivity contribution >= 4 is 44.6 Å². The summed E-state index contributed by atoms with van der Waals surface area (Å²) in [4.78, 5) is 20.4. The van der Waals surface area contributed by atoms with Gasteiger partial charge < -0.3 is 9.84 Å². The van der Waals surface area contributed by atoms with Gasteiger partial charge in [0, 0.05) is 19.7 Å². The summed E-state index contributed by atoms with van der Waals surface area (Å²) in [6.07, 6.45) is -1.24. The second kappa shape index (κ2) is 7.13. The standard InChI is InChI=1S/C9H11ClN2O7S2/c1-19-5(2-7(13)14)4-11-21(17,18)8-3-6(12(15)16)9(10)20-8/h3,5,11H,2,4H2,1H3,(H,13,14). The second-order valence-electron chi connectivity index (χ2n) is 3.79. The number of aliphatic carboxylic acids is 1. The summed E-state index contributed by atoms with van der Waals surface area (Å²) < 4.78 is 30.2. The number of hydrogen-bond donors (Lipinski definition) is 2. The number of nitrogens with one attached hydrogen (secondary N) is 1. The largest absolute Gasteiger partial charge is 0.481 e. The lowest BCUT2D eigenvalue weighted by atomic mass is 10.2. The molecule has 2 N–H and O–H groups in total. The molecule has 0 saturated carbocycles. The molecule has 118 valence electrons. The van der Waals surface area contributed by atoms with Crippen molar-refractivity contribution in [2.24, 2.45) is 0 Å². The zero-order valence-corrected chi connectivity index (χ0v) is 13.0. The van der Waals surface area contributed by atoms with Crippen LogP contribution in [0.15, 0.2) is 10.3 Å². The lowest BCUT2D eigenvalue weighted by molar-refractivity contribution is -0.384. The van der Waals surface area contributed by atoms with Gasteiger partial charge >= 0.3 is 5.97 Å². The lowest BCUT2D eigenvalue weighted by Gasteiger charge is -2.13. The molecule has 12 heteroatoms. The number of carbonyl (C=O) groups is 1. The number of methoxy groups -OCH3 is 1. The van der Waals surface area contributed by atoms with Crippen molar-refractivity contribution in [2.45, 2.75) is 16.7 Å². The van der Waals surface area contributed by atoms with Gasteiger partial charge in [0.25, 0.3) is 5.69 Å². The lowest BCUT2D eigenvalue weighted by Crippen LogP contribution is -2.34. The fourth-order valence-corrected chi connectivity index (χ4v) is 4.08. The molecule has 0 aromatic carbocycles. The smallest absolute Gasteiger partial charge is 0.306 e. The Morgan fingerprint density at radius 2 is 2.29 bits per heavy atom. The summed E-state index contributed by atoms with van der Waals surface area (Å²) in [6.45, 7) is -0.283. The second-order valence-corrected chi connectivity index (χ2v) is 7.44. The number of ether oxygens (including phenoxy) is 1. The summed E-state index contributed by atoms with van der Waals surface area (Å²) in [5.41, 5.74) is -0.504. The van der Waals surface area contributed by atoms with Gasteiger partial charge in [-0.3, -0.25) is 14.9 Å². The predicted molar refractivity (Wildman–Crippen MR) is 74.2 cm³/mol. The van der Waals surface area contributed by atoms with Crippen molar-refractivity contribution in [1.82, 2.24) is 4.72 Å². The van der Waals surface area contributed by atoms with Gasteiger partial charge in [0.2, 0.25) is 10.0 Å². The van der Waals surface area contributed by atoms with Gasteiger partial charge in [-0.05, 0) is 0 Å². The van der Waals surface area contributed by atoms with Gasteiger partial charge in [0.15, 0.2) is 4.34 Å². The topological polar surface area (TPSA) is 136 Å². The molecule has 1 heterocycles. The Balaban J connectivity index is 2.84. The maximum Gasteiger partial charge on any atom is 0.306 e. The van der Waals surface area contributed by atoms with E-state index in [4.69, 9.17) is 21.4 Å². The first-order valence-electron chi connectivity index (χ1n) is 5.35. The number of thiophene rings is 1. The van der Waals surface area contributed by atoms with Crippen LogP contribution in [0.2, 0.25) is 4.34 Å². The molecule has 0 radical (unpaired) electrons. The van der Waals surface area contributed by atoms with Crippen LogP contribution in [0.4, 0.5) is 5.69 Å². The molecule has 1 aromatic rings. The maximum absolute atomic E-state index is 11.9. The van der Waals surface area contributed by atoms with Gasteiger partial charge in [-0.1, -0.05) is 11.6 Å². The van der Waals surface area contributed by atoms with Gasteiger partial charge in [-0.15, -0.1) is 11.3 Å². The average Bonchev–Trinajstić information content (AvgIpc) is 2.77.